The second kappa shape index (κ2) is 6.57. The molecule has 16 heavy (non-hydrogen) atoms. The van der Waals surface area contributed by atoms with E-state index in [2.05, 4.69) is 12.2 Å². The average molecular weight is 249 g/mol. The van der Waals surface area contributed by atoms with Gasteiger partial charge in [-0.05, 0) is 26.3 Å². The molecule has 1 fully saturated rings. The van der Waals surface area contributed by atoms with Crippen molar-refractivity contribution in [2.75, 3.05) is 26.0 Å². The van der Waals surface area contributed by atoms with Gasteiger partial charge < -0.3 is 10.1 Å². The van der Waals surface area contributed by atoms with Crippen LogP contribution < -0.4 is 5.32 Å². The first-order valence-electron chi connectivity index (χ1n) is 6.06. The van der Waals surface area contributed by atoms with Gasteiger partial charge in [-0.2, -0.15) is 0 Å². The van der Waals surface area contributed by atoms with Crippen molar-refractivity contribution in [3.05, 3.63) is 0 Å². The minimum Gasteiger partial charge on any atom is -0.381 e. The topological polar surface area (TPSA) is 55.4 Å². The Hall–Kier alpha value is -0.130. The molecule has 0 aromatic carbocycles. The van der Waals surface area contributed by atoms with E-state index in [4.69, 9.17) is 4.74 Å². The van der Waals surface area contributed by atoms with Crippen LogP contribution >= 0.6 is 0 Å². The summed E-state index contributed by atoms with van der Waals surface area (Å²) < 4.78 is 29.5. The van der Waals surface area contributed by atoms with Gasteiger partial charge in [0.05, 0.1) is 11.0 Å². The molecule has 5 heteroatoms. The summed E-state index contributed by atoms with van der Waals surface area (Å²) in [6.07, 6.45) is 3.24. The lowest BCUT2D eigenvalue weighted by atomic mass is 10.2. The number of sulfone groups is 1. The van der Waals surface area contributed by atoms with Crippen LogP contribution in [-0.2, 0) is 14.6 Å². The number of hydrogen-bond acceptors (Lipinski definition) is 4. The Morgan fingerprint density at radius 3 is 2.50 bits per heavy atom. The summed E-state index contributed by atoms with van der Waals surface area (Å²) in [4.78, 5) is 0. The molecule has 0 spiro atoms. The third kappa shape index (κ3) is 4.03. The van der Waals surface area contributed by atoms with Gasteiger partial charge in [-0.25, -0.2) is 8.42 Å². The fourth-order valence-electron chi connectivity index (χ4n) is 2.11. The van der Waals surface area contributed by atoms with Crippen molar-refractivity contribution in [1.82, 2.24) is 5.32 Å². The van der Waals surface area contributed by atoms with Gasteiger partial charge in [0.1, 0.15) is 0 Å². The van der Waals surface area contributed by atoms with Crippen LogP contribution in [0.5, 0.6) is 0 Å². The first kappa shape index (κ1) is 13.9. The van der Waals surface area contributed by atoms with E-state index >= 15 is 0 Å². The molecule has 4 nitrogen and oxygen atoms in total. The molecule has 1 heterocycles. The number of ether oxygens (including phenoxy) is 1. The zero-order chi connectivity index (χ0) is 12.0. The highest BCUT2D eigenvalue weighted by molar-refractivity contribution is 7.92. The Balaban J connectivity index is 2.54. The smallest absolute Gasteiger partial charge is 0.154 e. The minimum atomic E-state index is -2.96. The summed E-state index contributed by atoms with van der Waals surface area (Å²) in [5.41, 5.74) is 0. The Morgan fingerprint density at radius 2 is 2.00 bits per heavy atom. The molecule has 0 aromatic heterocycles. The van der Waals surface area contributed by atoms with Crippen LogP contribution in [0.4, 0.5) is 0 Å². The molecule has 0 amide bonds. The maximum Gasteiger partial charge on any atom is 0.154 e. The predicted octanol–water partition coefficient (Wildman–Crippen LogP) is 0.968. The van der Waals surface area contributed by atoms with Crippen molar-refractivity contribution < 1.29 is 13.2 Å². The molecule has 0 aromatic rings. The number of nitrogens with one attached hydrogen (secondary N) is 1. The fraction of sp³-hybridized carbons (Fsp3) is 1.00. The van der Waals surface area contributed by atoms with Crippen LogP contribution in [0.25, 0.3) is 0 Å². The van der Waals surface area contributed by atoms with E-state index in [0.717, 1.165) is 12.8 Å². The van der Waals surface area contributed by atoms with Crippen molar-refractivity contribution in [1.29, 1.82) is 0 Å². The maximum atomic E-state index is 12.1. The van der Waals surface area contributed by atoms with Crippen molar-refractivity contribution in [2.45, 2.75) is 43.9 Å². The lowest BCUT2D eigenvalue weighted by Gasteiger charge is -2.24. The summed E-state index contributed by atoms with van der Waals surface area (Å²) in [6.45, 7) is 3.25. The lowest BCUT2D eigenvalue weighted by Crippen LogP contribution is -2.39. The third-order valence-corrected chi connectivity index (χ3v) is 5.51. The average Bonchev–Trinajstić information content (AvgIpc) is 2.29. The van der Waals surface area contributed by atoms with Gasteiger partial charge in [0, 0.05) is 19.3 Å². The van der Waals surface area contributed by atoms with E-state index in [0.29, 0.717) is 26.1 Å². The molecule has 1 N–H and O–H groups in total. The molecule has 0 radical (unpaired) electrons. The van der Waals surface area contributed by atoms with E-state index < -0.39 is 9.84 Å². The Morgan fingerprint density at radius 1 is 1.38 bits per heavy atom. The molecule has 96 valence electrons. The highest BCUT2D eigenvalue weighted by Crippen LogP contribution is 2.18. The van der Waals surface area contributed by atoms with Crippen LogP contribution in [0.2, 0.25) is 0 Å². The summed E-state index contributed by atoms with van der Waals surface area (Å²) in [5.74, 6) is 0.266. The molecule has 0 aliphatic carbocycles. The second-order valence-corrected chi connectivity index (χ2v) is 6.74. The van der Waals surface area contributed by atoms with E-state index in [1.807, 2.05) is 7.05 Å². The van der Waals surface area contributed by atoms with Gasteiger partial charge in [-0.1, -0.05) is 13.3 Å². The Bertz CT molecular complexity index is 284. The molecule has 0 saturated carbocycles. The summed E-state index contributed by atoms with van der Waals surface area (Å²) in [7, 11) is -1.13. The zero-order valence-electron chi connectivity index (χ0n) is 10.2. The van der Waals surface area contributed by atoms with Crippen LogP contribution in [0.15, 0.2) is 0 Å². The third-order valence-electron chi connectivity index (χ3n) is 3.16. The van der Waals surface area contributed by atoms with Crippen LogP contribution in [0, 0.1) is 0 Å². The van der Waals surface area contributed by atoms with Crippen molar-refractivity contribution in [3.63, 3.8) is 0 Å². The van der Waals surface area contributed by atoms with Gasteiger partial charge in [-0.3, -0.25) is 0 Å². The SMILES string of the molecule is CCCC(CS(=O)(=O)C1CCOCC1)NC. The predicted molar refractivity (Wildman–Crippen MR) is 65.4 cm³/mol. The Labute approximate surface area is 98.7 Å². The van der Waals surface area contributed by atoms with Crippen molar-refractivity contribution in [3.8, 4) is 0 Å². The minimum absolute atomic E-state index is 0.0952. The van der Waals surface area contributed by atoms with Gasteiger partial charge in [-0.15, -0.1) is 0 Å². The van der Waals surface area contributed by atoms with Crippen LogP contribution in [0.3, 0.4) is 0 Å². The monoisotopic (exact) mass is 249 g/mol. The summed E-state index contributed by atoms with van der Waals surface area (Å²) in [5, 5.41) is 2.90. The van der Waals surface area contributed by atoms with E-state index in [-0.39, 0.29) is 17.0 Å². The second-order valence-electron chi connectivity index (χ2n) is 4.42. The molecule has 1 atom stereocenters. The largest absolute Gasteiger partial charge is 0.381 e. The fourth-order valence-corrected chi connectivity index (χ4v) is 4.19. The molecular weight excluding hydrogens is 226 g/mol. The van der Waals surface area contributed by atoms with Gasteiger partial charge in [0.15, 0.2) is 9.84 Å². The number of rotatable bonds is 6. The molecule has 0 bridgehead atoms. The van der Waals surface area contributed by atoms with Crippen LogP contribution in [-0.4, -0.2) is 45.7 Å². The zero-order valence-corrected chi connectivity index (χ0v) is 11.1. The quantitative estimate of drug-likeness (QED) is 0.762. The first-order valence-corrected chi connectivity index (χ1v) is 7.78. The van der Waals surface area contributed by atoms with E-state index in [1.54, 1.807) is 0 Å². The van der Waals surface area contributed by atoms with Gasteiger partial charge in [0.25, 0.3) is 0 Å². The van der Waals surface area contributed by atoms with Gasteiger partial charge in [0.2, 0.25) is 0 Å². The molecule has 1 unspecified atom stereocenters. The highest BCUT2D eigenvalue weighted by Gasteiger charge is 2.29. The molecule has 1 rings (SSSR count). The molecule has 1 aliphatic heterocycles. The lowest BCUT2D eigenvalue weighted by molar-refractivity contribution is 0.0983. The molecule has 1 aliphatic rings. The highest BCUT2D eigenvalue weighted by atomic mass is 32.2. The normalized spacial score (nSPS) is 20.9. The molecular formula is C11H23NO3S. The van der Waals surface area contributed by atoms with Gasteiger partial charge >= 0.3 is 0 Å². The van der Waals surface area contributed by atoms with Crippen molar-refractivity contribution >= 4 is 9.84 Å². The van der Waals surface area contributed by atoms with E-state index in [1.165, 1.54) is 0 Å². The summed E-state index contributed by atoms with van der Waals surface area (Å²) >= 11 is 0. The van der Waals surface area contributed by atoms with Crippen LogP contribution in [0.1, 0.15) is 32.6 Å². The standard InChI is InChI=1S/C11H23NO3S/c1-3-4-10(12-2)9-16(13,14)11-5-7-15-8-6-11/h10-12H,3-9H2,1-2H3. The maximum absolute atomic E-state index is 12.1. The first-order chi connectivity index (χ1) is 7.60. The summed E-state index contributed by atoms with van der Waals surface area (Å²) in [6, 6.07) is 0.0952. The van der Waals surface area contributed by atoms with Crippen molar-refractivity contribution in [2.24, 2.45) is 0 Å². The van der Waals surface area contributed by atoms with E-state index in [9.17, 15) is 8.42 Å². The number of hydrogen-bond donors (Lipinski definition) is 1. The Kier molecular flexibility index (Phi) is 5.72. The molecule has 1 saturated heterocycles.